The number of hydrogen-bond acceptors (Lipinski definition) is 4. The monoisotopic (exact) mass is 541 g/mol. The molecule has 168 valence electrons. The first-order valence-corrected chi connectivity index (χ1v) is 10.1. The van der Waals surface area contributed by atoms with Crippen LogP contribution in [0.25, 0.3) is 0 Å². The van der Waals surface area contributed by atoms with E-state index < -0.39 is 5.82 Å². The molecule has 1 fully saturated rings. The predicted molar refractivity (Wildman–Crippen MR) is 129 cm³/mol. The molecule has 1 atom stereocenters. The number of ether oxygens (including phenoxy) is 1. The highest BCUT2D eigenvalue weighted by Gasteiger charge is 2.27. The number of halogens is 2. The molecule has 1 aromatic heterocycles. The van der Waals surface area contributed by atoms with Gasteiger partial charge < -0.3 is 20.3 Å². The lowest BCUT2D eigenvalue weighted by atomic mass is 10.2. The van der Waals surface area contributed by atoms with E-state index in [1.807, 2.05) is 18.7 Å². The number of carbonyl (C=O) groups is 1. The van der Waals surface area contributed by atoms with Gasteiger partial charge in [0.1, 0.15) is 5.75 Å². The Hall–Kier alpha value is -2.43. The molecule has 9 heteroatoms. The van der Waals surface area contributed by atoms with Gasteiger partial charge in [0.05, 0.1) is 6.20 Å². The van der Waals surface area contributed by atoms with Crippen molar-refractivity contribution in [2.45, 2.75) is 32.9 Å². The summed E-state index contributed by atoms with van der Waals surface area (Å²) in [6.45, 7) is 5.64. The van der Waals surface area contributed by atoms with E-state index in [0.717, 1.165) is 18.5 Å². The Labute approximate surface area is 199 Å². The van der Waals surface area contributed by atoms with Gasteiger partial charge in [-0.25, -0.2) is 4.39 Å². The highest BCUT2D eigenvalue weighted by atomic mass is 127. The van der Waals surface area contributed by atoms with Gasteiger partial charge in [-0.05, 0) is 36.2 Å². The van der Waals surface area contributed by atoms with Gasteiger partial charge in [-0.1, -0.05) is 19.9 Å². The molecule has 1 saturated heterocycles. The summed E-state index contributed by atoms with van der Waals surface area (Å²) in [6, 6.07) is 8.43. The third-order valence-corrected chi connectivity index (χ3v) is 4.88. The lowest BCUT2D eigenvalue weighted by Crippen LogP contribution is -2.45. The van der Waals surface area contributed by atoms with Gasteiger partial charge >= 0.3 is 0 Å². The zero-order valence-electron chi connectivity index (χ0n) is 18.0. The van der Waals surface area contributed by atoms with Gasteiger partial charge in [-0.2, -0.15) is 0 Å². The number of nitrogens with zero attached hydrogens (tertiary/aromatic N) is 3. The van der Waals surface area contributed by atoms with Gasteiger partial charge in [0.2, 0.25) is 5.91 Å². The van der Waals surface area contributed by atoms with Crippen molar-refractivity contribution >= 4 is 35.8 Å². The van der Waals surface area contributed by atoms with Crippen LogP contribution in [0.1, 0.15) is 25.8 Å². The number of pyridine rings is 1. The van der Waals surface area contributed by atoms with Gasteiger partial charge in [0, 0.05) is 44.8 Å². The Kier molecular flexibility index (Phi) is 9.47. The Bertz CT molecular complexity index is 895. The lowest BCUT2D eigenvalue weighted by molar-refractivity contribution is -0.133. The molecular formula is C22H29FIN5O2. The van der Waals surface area contributed by atoms with E-state index in [4.69, 9.17) is 4.74 Å². The Balaban J connectivity index is 0.00000341. The van der Waals surface area contributed by atoms with E-state index in [9.17, 15) is 9.18 Å². The van der Waals surface area contributed by atoms with E-state index in [0.29, 0.717) is 24.8 Å². The molecule has 2 aromatic rings. The summed E-state index contributed by atoms with van der Waals surface area (Å²) in [7, 11) is 1.69. The van der Waals surface area contributed by atoms with Crippen LogP contribution >= 0.6 is 24.0 Å². The quantitative estimate of drug-likeness (QED) is 0.333. The Morgan fingerprint density at radius 1 is 1.39 bits per heavy atom. The Morgan fingerprint density at radius 3 is 2.84 bits per heavy atom. The molecule has 0 saturated carbocycles. The van der Waals surface area contributed by atoms with Crippen molar-refractivity contribution in [1.29, 1.82) is 0 Å². The number of benzene rings is 1. The lowest BCUT2D eigenvalue weighted by Gasteiger charge is -2.20. The molecule has 0 spiro atoms. The number of aliphatic imine (C=N–C) groups is 1. The minimum atomic E-state index is -0.445. The molecule has 3 rings (SSSR count). The van der Waals surface area contributed by atoms with Crippen LogP contribution in [0, 0.1) is 11.7 Å². The topological polar surface area (TPSA) is 78.9 Å². The fourth-order valence-electron chi connectivity index (χ4n) is 3.29. The molecule has 7 nitrogen and oxygen atoms in total. The first-order chi connectivity index (χ1) is 14.5. The number of likely N-dealkylation sites (tertiary alicyclic amines) is 1. The standard InChI is InChI=1S/C22H28FN5O2.HI/c1-15(2)21(29)28-10-8-17(14-28)27-22(24-3)26-12-16-6-7-20(19(23)11-16)30-18-5-4-9-25-13-18;/h4-7,9,11,13,15,17H,8,10,12,14H2,1-3H3,(H2,24,26,27);1H. The highest BCUT2D eigenvalue weighted by Crippen LogP contribution is 2.24. The molecule has 1 aromatic carbocycles. The van der Waals surface area contributed by atoms with Crippen LogP contribution in [-0.4, -0.2) is 47.9 Å². The van der Waals surface area contributed by atoms with Crippen molar-refractivity contribution in [3.05, 3.63) is 54.1 Å². The van der Waals surface area contributed by atoms with Crippen LogP contribution in [0.15, 0.2) is 47.7 Å². The number of amides is 1. The van der Waals surface area contributed by atoms with Crippen molar-refractivity contribution < 1.29 is 13.9 Å². The molecular weight excluding hydrogens is 512 g/mol. The summed E-state index contributed by atoms with van der Waals surface area (Å²) >= 11 is 0. The molecule has 1 aliphatic heterocycles. The second kappa shape index (κ2) is 11.8. The fraction of sp³-hybridized carbons (Fsp3) is 0.409. The number of hydrogen-bond donors (Lipinski definition) is 2. The zero-order chi connectivity index (χ0) is 21.5. The maximum Gasteiger partial charge on any atom is 0.225 e. The average Bonchev–Trinajstić information content (AvgIpc) is 3.21. The second-order valence-corrected chi connectivity index (χ2v) is 7.55. The van der Waals surface area contributed by atoms with Gasteiger partial charge in [0.25, 0.3) is 0 Å². The van der Waals surface area contributed by atoms with Crippen LogP contribution in [0.5, 0.6) is 11.5 Å². The molecule has 1 amide bonds. The number of nitrogens with one attached hydrogen (secondary N) is 2. The van der Waals surface area contributed by atoms with Gasteiger partial charge in [0.15, 0.2) is 17.5 Å². The van der Waals surface area contributed by atoms with Crippen molar-refractivity contribution in [1.82, 2.24) is 20.5 Å². The summed E-state index contributed by atoms with van der Waals surface area (Å²) < 4.78 is 19.9. The summed E-state index contributed by atoms with van der Waals surface area (Å²) in [5, 5.41) is 6.53. The zero-order valence-corrected chi connectivity index (χ0v) is 20.3. The van der Waals surface area contributed by atoms with E-state index in [2.05, 4.69) is 20.6 Å². The van der Waals surface area contributed by atoms with Crippen LogP contribution in [0.3, 0.4) is 0 Å². The summed E-state index contributed by atoms with van der Waals surface area (Å²) in [5.41, 5.74) is 0.761. The summed E-state index contributed by atoms with van der Waals surface area (Å²) in [4.78, 5) is 22.2. The maximum atomic E-state index is 14.4. The second-order valence-electron chi connectivity index (χ2n) is 7.55. The third-order valence-electron chi connectivity index (χ3n) is 4.88. The summed E-state index contributed by atoms with van der Waals surface area (Å²) in [5.74, 6) is 0.978. The first-order valence-electron chi connectivity index (χ1n) is 10.1. The van der Waals surface area contributed by atoms with Crippen LogP contribution < -0.4 is 15.4 Å². The average molecular weight is 541 g/mol. The minimum absolute atomic E-state index is 0. The van der Waals surface area contributed by atoms with Crippen molar-refractivity contribution in [2.75, 3.05) is 20.1 Å². The van der Waals surface area contributed by atoms with Crippen LogP contribution in [-0.2, 0) is 11.3 Å². The smallest absolute Gasteiger partial charge is 0.225 e. The van der Waals surface area contributed by atoms with Crippen molar-refractivity contribution in [3.8, 4) is 11.5 Å². The van der Waals surface area contributed by atoms with Crippen LogP contribution in [0.4, 0.5) is 4.39 Å². The number of aromatic nitrogens is 1. The van der Waals surface area contributed by atoms with E-state index >= 15 is 0 Å². The van der Waals surface area contributed by atoms with E-state index in [1.165, 1.54) is 12.3 Å². The van der Waals surface area contributed by atoms with Crippen LogP contribution in [0.2, 0.25) is 0 Å². The first kappa shape index (κ1) is 24.8. The Morgan fingerprint density at radius 2 is 2.19 bits per heavy atom. The largest absolute Gasteiger partial charge is 0.453 e. The van der Waals surface area contributed by atoms with Crippen molar-refractivity contribution in [3.63, 3.8) is 0 Å². The van der Waals surface area contributed by atoms with E-state index in [-0.39, 0.29) is 47.6 Å². The molecule has 0 aliphatic carbocycles. The molecule has 2 N–H and O–H groups in total. The third kappa shape index (κ3) is 7.05. The van der Waals surface area contributed by atoms with Crippen molar-refractivity contribution in [2.24, 2.45) is 10.9 Å². The highest BCUT2D eigenvalue weighted by molar-refractivity contribution is 14.0. The molecule has 31 heavy (non-hydrogen) atoms. The molecule has 1 aliphatic rings. The summed E-state index contributed by atoms with van der Waals surface area (Å²) in [6.07, 6.45) is 4.03. The molecule has 0 bridgehead atoms. The molecule has 0 radical (unpaired) electrons. The minimum Gasteiger partial charge on any atom is -0.453 e. The SMILES string of the molecule is CN=C(NCc1ccc(Oc2cccnc2)c(F)c1)NC1CCN(C(=O)C(C)C)C1.I. The van der Waals surface area contributed by atoms with Gasteiger partial charge in [-0.3, -0.25) is 14.8 Å². The fourth-order valence-corrected chi connectivity index (χ4v) is 3.29. The predicted octanol–water partition coefficient (Wildman–Crippen LogP) is 3.55. The number of rotatable bonds is 6. The number of carbonyl (C=O) groups excluding carboxylic acids is 1. The normalized spacial score (nSPS) is 16.1. The maximum absolute atomic E-state index is 14.4. The van der Waals surface area contributed by atoms with E-state index in [1.54, 1.807) is 37.5 Å². The number of guanidine groups is 1. The molecule has 1 unspecified atom stereocenters. The van der Waals surface area contributed by atoms with Gasteiger partial charge in [-0.15, -0.1) is 24.0 Å². The molecule has 2 heterocycles.